The number of halogens is 4. The number of Topliss-reactive ketones (excluding diaryl/α,β-unsaturated/α-hetero) is 2. The summed E-state index contributed by atoms with van der Waals surface area (Å²) in [5, 5.41) is 0. The maximum absolute atomic E-state index is 12.7. The van der Waals surface area contributed by atoms with E-state index in [-0.39, 0.29) is 11.6 Å². The van der Waals surface area contributed by atoms with Crippen molar-refractivity contribution in [3.63, 3.8) is 0 Å². The van der Waals surface area contributed by atoms with Gasteiger partial charge in [-0.2, -0.15) is 30.0 Å². The zero-order valence-electron chi connectivity index (χ0n) is 21.2. The van der Waals surface area contributed by atoms with Crippen molar-refractivity contribution in [2.24, 2.45) is 0 Å². The zero-order valence-corrected chi connectivity index (χ0v) is 25.0. The predicted molar refractivity (Wildman–Crippen MR) is 148 cm³/mol. The summed E-state index contributed by atoms with van der Waals surface area (Å²) in [5.74, 6) is -0.106. The van der Waals surface area contributed by atoms with E-state index < -0.39 is 34.9 Å². The molecule has 1 aromatic carbocycles. The van der Waals surface area contributed by atoms with Crippen LogP contribution in [0.5, 0.6) is 0 Å². The minimum atomic E-state index is -4.38. The van der Waals surface area contributed by atoms with Crippen LogP contribution in [0.3, 0.4) is 0 Å². The van der Waals surface area contributed by atoms with Gasteiger partial charge in [-0.15, -0.1) is 0 Å². The summed E-state index contributed by atoms with van der Waals surface area (Å²) in [7, 11) is 0. The van der Waals surface area contributed by atoms with Crippen molar-refractivity contribution in [2.75, 3.05) is 0 Å². The van der Waals surface area contributed by atoms with E-state index in [0.717, 1.165) is 33.3 Å². The molecule has 0 aliphatic heterocycles. The largest absolute Gasteiger partial charge is 0.416 e. The van der Waals surface area contributed by atoms with Gasteiger partial charge in [0.05, 0.1) is 5.56 Å². The molecule has 0 saturated carbocycles. The first-order valence-corrected chi connectivity index (χ1v) is 13.4. The number of carbonyl (C=O) groups excluding carboxylic acids is 2. The molecule has 39 heavy (non-hydrogen) atoms. The molecule has 0 N–H and O–H groups in total. The molecule has 0 fully saturated rings. The summed E-state index contributed by atoms with van der Waals surface area (Å²) in [6.45, 7) is 6.87. The van der Waals surface area contributed by atoms with Crippen LogP contribution in [0.1, 0.15) is 65.4 Å². The lowest BCUT2D eigenvalue weighted by Crippen LogP contribution is -2.05. The number of rotatable bonds is 5. The molecule has 2 heterocycles. The van der Waals surface area contributed by atoms with E-state index in [0.29, 0.717) is 28.9 Å². The quantitative estimate of drug-likeness (QED) is 0.248. The fourth-order valence-electron chi connectivity index (χ4n) is 3.20. The van der Waals surface area contributed by atoms with Gasteiger partial charge in [0.15, 0.2) is 11.6 Å². The van der Waals surface area contributed by atoms with E-state index in [1.54, 1.807) is 25.3 Å². The van der Waals surface area contributed by atoms with Crippen LogP contribution in [-0.4, -0.2) is 38.4 Å². The van der Waals surface area contributed by atoms with E-state index in [2.05, 4.69) is 32.6 Å². The van der Waals surface area contributed by atoms with Gasteiger partial charge in [-0.25, -0.2) is 0 Å². The normalized spacial score (nSPS) is 9.85. The maximum Gasteiger partial charge on any atom is 0.416 e. The van der Waals surface area contributed by atoms with Gasteiger partial charge in [-0.3, -0.25) is 19.6 Å². The minimum absolute atomic E-state index is 0.0447. The lowest BCUT2D eigenvalue weighted by molar-refractivity contribution is -0.137. The van der Waals surface area contributed by atoms with Crippen LogP contribution in [0.2, 0.25) is 0 Å². The molecule has 0 aliphatic carbocycles. The number of ketones is 2. The number of aromatic nitrogens is 2. The molecule has 3 aromatic rings. The van der Waals surface area contributed by atoms with Crippen LogP contribution in [0.15, 0.2) is 48.8 Å². The Balaban J connectivity index is 0.000000676. The summed E-state index contributed by atoms with van der Waals surface area (Å²) in [5.41, 5.74) is 3.05. The van der Waals surface area contributed by atoms with Gasteiger partial charge in [-0.05, 0) is 76.4 Å². The van der Waals surface area contributed by atoms with Gasteiger partial charge in [0, 0.05) is 35.4 Å². The van der Waals surface area contributed by atoms with Crippen LogP contribution >= 0.6 is 22.6 Å². The summed E-state index contributed by atoms with van der Waals surface area (Å²) in [6.07, 6.45) is 0.228. The average molecular weight is 697 g/mol. The predicted octanol–water partition coefficient (Wildman–Crippen LogP) is 5.64. The Labute approximate surface area is 244 Å². The Morgan fingerprint density at radius 3 is 1.69 bits per heavy atom. The number of hydrogen-bond donors (Lipinski definition) is 0. The van der Waals surface area contributed by atoms with Gasteiger partial charge < -0.3 is 0 Å². The van der Waals surface area contributed by atoms with E-state index in [9.17, 15) is 22.8 Å². The van der Waals surface area contributed by atoms with Crippen LogP contribution in [0, 0.1) is 3.57 Å². The number of benzene rings is 1. The molecule has 0 bridgehead atoms. The molecule has 0 radical (unpaired) electrons. The fraction of sp³-hybridized carbons (Fsp3) is 0.280. The SMILES string of the molecule is CCc1cc(-c2cccc(C(F)(F)F)c2)cnc1C(C)=O.CCc1cc(I)cnc1C(C)=O.O=S=O.O=S=O. The standard InChI is InChI=1S/C16H14F3NO.C9H10INO.2O2S/c1-3-11-7-13(9-20-15(11)10(2)21)12-5-4-6-14(8-12)16(17,18)19;1-3-7-4-8(10)5-11-9(7)6(2)12;2*1-3-2/h4-9H,3H2,1-2H3;4-5H,3H2,1-2H3;;. The molecule has 0 spiro atoms. The maximum atomic E-state index is 12.7. The molecule has 0 unspecified atom stereocenters. The lowest BCUT2D eigenvalue weighted by Gasteiger charge is -2.10. The van der Waals surface area contributed by atoms with Crippen LogP contribution in [0.25, 0.3) is 11.1 Å². The number of pyridine rings is 2. The first kappa shape index (κ1) is 36.0. The van der Waals surface area contributed by atoms with E-state index in [4.69, 9.17) is 16.8 Å². The first-order chi connectivity index (χ1) is 18.3. The van der Waals surface area contributed by atoms with Crippen molar-refractivity contribution in [2.45, 2.75) is 46.7 Å². The highest BCUT2D eigenvalue weighted by Gasteiger charge is 2.30. The van der Waals surface area contributed by atoms with Gasteiger partial charge >= 0.3 is 29.3 Å². The second kappa shape index (κ2) is 18.3. The zero-order chi connectivity index (χ0) is 30.2. The summed E-state index contributed by atoms with van der Waals surface area (Å²) in [6, 6.07) is 8.80. The van der Waals surface area contributed by atoms with Crippen molar-refractivity contribution in [1.82, 2.24) is 9.97 Å². The summed E-state index contributed by atoms with van der Waals surface area (Å²) < 4.78 is 72.5. The molecule has 8 nitrogen and oxygen atoms in total. The molecule has 0 saturated heterocycles. The fourth-order valence-corrected chi connectivity index (χ4v) is 3.71. The van der Waals surface area contributed by atoms with Crippen molar-refractivity contribution in [1.29, 1.82) is 0 Å². The topological polar surface area (TPSA) is 128 Å². The summed E-state index contributed by atoms with van der Waals surface area (Å²) >= 11 is 0.695. The number of carbonyl (C=O) groups is 2. The highest BCUT2D eigenvalue weighted by molar-refractivity contribution is 14.1. The smallest absolute Gasteiger partial charge is 0.293 e. The Hall–Kier alpha value is -2.98. The number of alkyl halides is 3. The Morgan fingerprint density at radius 1 is 0.795 bits per heavy atom. The van der Waals surface area contributed by atoms with Crippen LogP contribution in [-0.2, 0) is 42.2 Å². The second-order valence-electron chi connectivity index (χ2n) is 7.43. The van der Waals surface area contributed by atoms with E-state index >= 15 is 0 Å². The third-order valence-electron chi connectivity index (χ3n) is 4.85. The van der Waals surface area contributed by atoms with Crippen LogP contribution < -0.4 is 0 Å². The third kappa shape index (κ3) is 12.6. The Kier molecular flexibility index (Phi) is 16.9. The highest BCUT2D eigenvalue weighted by Crippen LogP contribution is 2.32. The van der Waals surface area contributed by atoms with Crippen molar-refractivity contribution >= 4 is 57.3 Å². The van der Waals surface area contributed by atoms with Crippen molar-refractivity contribution in [3.05, 3.63) is 80.4 Å². The monoisotopic (exact) mass is 696 g/mol. The second-order valence-corrected chi connectivity index (χ2v) is 8.94. The summed E-state index contributed by atoms with van der Waals surface area (Å²) in [4.78, 5) is 30.7. The average Bonchev–Trinajstić information content (AvgIpc) is 2.88. The minimum Gasteiger partial charge on any atom is -0.293 e. The number of hydrogen-bond acceptors (Lipinski definition) is 8. The molecule has 0 aliphatic rings. The van der Waals surface area contributed by atoms with E-state index in [1.807, 2.05) is 19.9 Å². The van der Waals surface area contributed by atoms with Crippen LogP contribution in [0.4, 0.5) is 13.2 Å². The number of aryl methyl sites for hydroxylation is 2. The molecule has 14 heteroatoms. The van der Waals surface area contributed by atoms with Gasteiger partial charge in [0.2, 0.25) is 0 Å². The Morgan fingerprint density at radius 2 is 1.26 bits per heavy atom. The van der Waals surface area contributed by atoms with Gasteiger partial charge in [-0.1, -0.05) is 26.0 Å². The molecular weight excluding hydrogens is 672 g/mol. The molecule has 3 rings (SSSR count). The van der Waals surface area contributed by atoms with Gasteiger partial charge in [0.1, 0.15) is 11.4 Å². The molecular formula is C25H24F3IN2O6S2. The first-order valence-electron chi connectivity index (χ1n) is 11.0. The highest BCUT2D eigenvalue weighted by atomic mass is 127. The van der Waals surface area contributed by atoms with Crippen molar-refractivity contribution in [3.8, 4) is 11.1 Å². The molecule has 210 valence electrons. The van der Waals surface area contributed by atoms with Gasteiger partial charge in [0.25, 0.3) is 0 Å². The Bertz CT molecular complexity index is 1350. The van der Waals surface area contributed by atoms with E-state index in [1.165, 1.54) is 19.2 Å². The number of nitrogens with zero attached hydrogens (tertiary/aromatic N) is 2. The third-order valence-corrected chi connectivity index (χ3v) is 5.44. The molecule has 0 amide bonds. The van der Waals surface area contributed by atoms with Crippen molar-refractivity contribution < 1.29 is 39.6 Å². The lowest BCUT2D eigenvalue weighted by atomic mass is 10.00. The molecule has 0 atom stereocenters. The molecule has 2 aromatic heterocycles.